The third-order valence-corrected chi connectivity index (χ3v) is 5.01. The Kier molecular flexibility index (Phi) is 5.92. The Morgan fingerprint density at radius 3 is 2.04 bits per heavy atom. The van der Waals surface area contributed by atoms with Crippen molar-refractivity contribution in [1.29, 1.82) is 0 Å². The number of esters is 2. The van der Waals surface area contributed by atoms with Crippen LogP contribution in [-0.2, 0) is 14.3 Å². The Bertz CT molecular complexity index is 706. The average molecular weight is 354 g/mol. The van der Waals surface area contributed by atoms with Crippen LogP contribution in [0.15, 0.2) is 48.1 Å². The highest BCUT2D eigenvalue weighted by molar-refractivity contribution is 5.92. The molecule has 4 heteroatoms. The summed E-state index contributed by atoms with van der Waals surface area (Å²) in [4.78, 5) is 24.4. The van der Waals surface area contributed by atoms with Crippen LogP contribution in [0.25, 0.3) is 0 Å². The van der Waals surface area contributed by atoms with E-state index in [4.69, 9.17) is 9.47 Å². The van der Waals surface area contributed by atoms with Gasteiger partial charge in [0.2, 0.25) is 0 Å². The fourth-order valence-corrected chi connectivity index (χ4v) is 3.28. The average Bonchev–Trinajstić information content (AvgIpc) is 2.64. The second-order valence-corrected chi connectivity index (χ2v) is 7.31. The van der Waals surface area contributed by atoms with E-state index in [2.05, 4.69) is 6.92 Å². The largest absolute Gasteiger partial charge is 0.459 e. The molecule has 1 unspecified atom stereocenters. The Hall–Kier alpha value is -2.36. The van der Waals surface area contributed by atoms with E-state index < -0.39 is 0 Å². The summed E-state index contributed by atoms with van der Waals surface area (Å²) in [6.45, 7) is 4.10. The van der Waals surface area contributed by atoms with Gasteiger partial charge in [0, 0.05) is 0 Å². The monoisotopic (exact) mass is 354 g/mol. The van der Waals surface area contributed by atoms with E-state index in [0.29, 0.717) is 17.1 Å². The fraction of sp³-hybridized carbons (Fsp3) is 0.455. The number of carbonyl (C=O) groups excluding carboxylic acids is 2. The van der Waals surface area contributed by atoms with Crippen LogP contribution in [0, 0.1) is 12.8 Å². The summed E-state index contributed by atoms with van der Waals surface area (Å²) in [6, 6.07) is 7.39. The number of ether oxygens (including phenoxy) is 2. The van der Waals surface area contributed by atoms with E-state index in [0.717, 1.165) is 37.7 Å². The van der Waals surface area contributed by atoms with Crippen LogP contribution < -0.4 is 0 Å². The summed E-state index contributed by atoms with van der Waals surface area (Å²) in [5, 5.41) is 0. The van der Waals surface area contributed by atoms with Gasteiger partial charge in [-0.05, 0) is 57.1 Å². The van der Waals surface area contributed by atoms with Gasteiger partial charge in [0.1, 0.15) is 12.2 Å². The maximum Gasteiger partial charge on any atom is 0.338 e. The SMILES string of the molecule is Cc1ccc(C(=O)OC2CCC(OC(=O)C3=CCC(C)C=C3)CC2)cc1. The molecule has 2 aliphatic rings. The van der Waals surface area contributed by atoms with Crippen LogP contribution in [0.5, 0.6) is 0 Å². The molecule has 1 fully saturated rings. The van der Waals surface area contributed by atoms with Crippen LogP contribution in [0.4, 0.5) is 0 Å². The van der Waals surface area contributed by atoms with Gasteiger partial charge in [-0.2, -0.15) is 0 Å². The van der Waals surface area contributed by atoms with Crippen molar-refractivity contribution in [3.05, 3.63) is 59.2 Å². The first-order chi connectivity index (χ1) is 12.5. The number of rotatable bonds is 4. The third-order valence-electron chi connectivity index (χ3n) is 5.01. The van der Waals surface area contributed by atoms with Gasteiger partial charge in [0.05, 0.1) is 11.1 Å². The van der Waals surface area contributed by atoms with Crippen molar-refractivity contribution in [3.8, 4) is 0 Å². The van der Waals surface area contributed by atoms with Crippen LogP contribution in [0.2, 0.25) is 0 Å². The fourth-order valence-electron chi connectivity index (χ4n) is 3.28. The van der Waals surface area contributed by atoms with Gasteiger partial charge in [-0.15, -0.1) is 0 Å². The highest BCUT2D eigenvalue weighted by Gasteiger charge is 2.27. The molecule has 1 aromatic rings. The van der Waals surface area contributed by atoms with Crippen LogP contribution >= 0.6 is 0 Å². The van der Waals surface area contributed by atoms with Crippen LogP contribution in [0.1, 0.15) is 54.9 Å². The highest BCUT2D eigenvalue weighted by atomic mass is 16.6. The minimum absolute atomic E-state index is 0.0922. The second-order valence-electron chi connectivity index (χ2n) is 7.31. The molecule has 0 N–H and O–H groups in total. The first-order valence-electron chi connectivity index (χ1n) is 9.38. The molecule has 0 amide bonds. The standard InChI is InChI=1S/C22H26O4/c1-15-3-7-17(8-4-15)21(23)25-19-11-13-20(14-12-19)26-22(24)18-9-5-16(2)6-10-18/h3-5,7-10,16,19-20H,6,11-14H2,1-2H3. The zero-order valence-electron chi connectivity index (χ0n) is 15.4. The Balaban J connectivity index is 1.44. The zero-order valence-corrected chi connectivity index (χ0v) is 15.4. The predicted octanol–water partition coefficient (Wildman–Crippen LogP) is 4.53. The van der Waals surface area contributed by atoms with Gasteiger partial charge in [-0.3, -0.25) is 0 Å². The highest BCUT2D eigenvalue weighted by Crippen LogP contribution is 2.26. The summed E-state index contributed by atoms with van der Waals surface area (Å²) in [5.41, 5.74) is 2.34. The molecular formula is C22H26O4. The zero-order chi connectivity index (χ0) is 18.5. The molecule has 1 atom stereocenters. The van der Waals surface area contributed by atoms with E-state index in [1.807, 2.05) is 37.3 Å². The Labute approximate surface area is 154 Å². The van der Waals surface area contributed by atoms with E-state index >= 15 is 0 Å². The van der Waals surface area contributed by atoms with Gasteiger partial charge in [-0.1, -0.05) is 42.8 Å². The topological polar surface area (TPSA) is 52.6 Å². The minimum Gasteiger partial charge on any atom is -0.459 e. The maximum absolute atomic E-state index is 12.2. The normalized spacial score (nSPS) is 25.3. The third kappa shape index (κ3) is 4.84. The lowest BCUT2D eigenvalue weighted by Crippen LogP contribution is -2.30. The number of carbonyl (C=O) groups is 2. The summed E-state index contributed by atoms with van der Waals surface area (Å²) in [6.07, 6.45) is 9.42. The lowest BCUT2D eigenvalue weighted by molar-refractivity contribution is -0.146. The molecule has 2 aliphatic carbocycles. The molecule has 1 saturated carbocycles. The number of hydrogen-bond acceptors (Lipinski definition) is 4. The van der Waals surface area contributed by atoms with Crippen LogP contribution in [0.3, 0.4) is 0 Å². The van der Waals surface area contributed by atoms with E-state index in [-0.39, 0.29) is 24.1 Å². The van der Waals surface area contributed by atoms with Gasteiger partial charge < -0.3 is 9.47 Å². The van der Waals surface area contributed by atoms with Crippen molar-refractivity contribution in [2.45, 2.75) is 58.2 Å². The summed E-state index contributed by atoms with van der Waals surface area (Å²) in [5.74, 6) is -0.0458. The minimum atomic E-state index is -0.280. The lowest BCUT2D eigenvalue weighted by Gasteiger charge is -2.28. The number of allylic oxidation sites excluding steroid dienone is 2. The van der Waals surface area contributed by atoms with Crippen molar-refractivity contribution >= 4 is 11.9 Å². The van der Waals surface area contributed by atoms with Crippen molar-refractivity contribution in [2.24, 2.45) is 5.92 Å². The lowest BCUT2D eigenvalue weighted by atomic mass is 9.94. The number of benzene rings is 1. The number of hydrogen-bond donors (Lipinski definition) is 0. The van der Waals surface area contributed by atoms with E-state index in [1.54, 1.807) is 12.1 Å². The molecular weight excluding hydrogens is 328 g/mol. The van der Waals surface area contributed by atoms with Crippen molar-refractivity contribution < 1.29 is 19.1 Å². The van der Waals surface area contributed by atoms with Crippen molar-refractivity contribution in [2.75, 3.05) is 0 Å². The maximum atomic E-state index is 12.2. The summed E-state index contributed by atoms with van der Waals surface area (Å²) < 4.78 is 11.2. The molecule has 3 rings (SSSR count). The first-order valence-corrected chi connectivity index (χ1v) is 9.38. The molecule has 0 radical (unpaired) electrons. The molecule has 1 aromatic carbocycles. The van der Waals surface area contributed by atoms with Gasteiger partial charge in [0.25, 0.3) is 0 Å². The van der Waals surface area contributed by atoms with E-state index in [9.17, 15) is 9.59 Å². The molecule has 0 aliphatic heterocycles. The molecule has 0 aromatic heterocycles. The van der Waals surface area contributed by atoms with Gasteiger partial charge in [0.15, 0.2) is 0 Å². The summed E-state index contributed by atoms with van der Waals surface area (Å²) in [7, 11) is 0. The summed E-state index contributed by atoms with van der Waals surface area (Å²) >= 11 is 0. The molecule has 0 bridgehead atoms. The molecule has 26 heavy (non-hydrogen) atoms. The first kappa shape index (κ1) is 18.4. The Morgan fingerprint density at radius 1 is 0.923 bits per heavy atom. The predicted molar refractivity (Wildman–Crippen MR) is 99.7 cm³/mol. The molecule has 0 spiro atoms. The van der Waals surface area contributed by atoms with Crippen LogP contribution in [-0.4, -0.2) is 24.1 Å². The molecule has 0 heterocycles. The smallest absolute Gasteiger partial charge is 0.338 e. The van der Waals surface area contributed by atoms with Crippen molar-refractivity contribution in [1.82, 2.24) is 0 Å². The molecule has 4 nitrogen and oxygen atoms in total. The molecule has 138 valence electrons. The van der Waals surface area contributed by atoms with Gasteiger partial charge >= 0.3 is 11.9 Å². The second kappa shape index (κ2) is 8.35. The van der Waals surface area contributed by atoms with E-state index in [1.165, 1.54) is 0 Å². The number of aryl methyl sites for hydroxylation is 1. The van der Waals surface area contributed by atoms with Crippen molar-refractivity contribution in [3.63, 3.8) is 0 Å². The molecule has 0 saturated heterocycles. The van der Waals surface area contributed by atoms with Gasteiger partial charge in [-0.25, -0.2) is 9.59 Å². The Morgan fingerprint density at radius 2 is 1.50 bits per heavy atom. The quantitative estimate of drug-likeness (QED) is 0.746.